The van der Waals surface area contributed by atoms with Crippen LogP contribution < -0.4 is 5.32 Å². The number of benzene rings is 1. The van der Waals surface area contributed by atoms with Crippen molar-refractivity contribution in [2.75, 3.05) is 18.9 Å². The topological polar surface area (TPSA) is 89.9 Å². The summed E-state index contributed by atoms with van der Waals surface area (Å²) in [7, 11) is 1.53. The van der Waals surface area contributed by atoms with Crippen LogP contribution in [0, 0.1) is 0 Å². The second-order valence-electron chi connectivity index (χ2n) is 4.16. The second kappa shape index (κ2) is 6.40. The first-order chi connectivity index (χ1) is 8.81. The molecule has 1 unspecified atom stereocenters. The molecule has 1 aromatic carbocycles. The Bertz CT molecular complexity index is 491. The van der Waals surface area contributed by atoms with Crippen LogP contribution in [0.1, 0.15) is 17.3 Å². The lowest BCUT2D eigenvalue weighted by Crippen LogP contribution is -2.36. The second-order valence-corrected chi connectivity index (χ2v) is 4.57. The molecular formula is C12H15ClN2O4. The Hall–Kier alpha value is -1.79. The highest BCUT2D eigenvalue weighted by Gasteiger charge is 2.13. The van der Waals surface area contributed by atoms with Crippen LogP contribution >= 0.6 is 11.6 Å². The lowest BCUT2D eigenvalue weighted by molar-refractivity contribution is 0.0697. The van der Waals surface area contributed by atoms with Gasteiger partial charge < -0.3 is 20.4 Å². The lowest BCUT2D eigenvalue weighted by Gasteiger charge is -2.19. The summed E-state index contributed by atoms with van der Waals surface area (Å²) in [6.45, 7) is 1.75. The zero-order chi connectivity index (χ0) is 14.6. The van der Waals surface area contributed by atoms with Gasteiger partial charge in [0.15, 0.2) is 0 Å². The predicted molar refractivity (Wildman–Crippen MR) is 71.7 cm³/mol. The van der Waals surface area contributed by atoms with Crippen molar-refractivity contribution in [3.63, 3.8) is 0 Å². The van der Waals surface area contributed by atoms with Crippen LogP contribution in [-0.2, 0) is 0 Å². The number of aliphatic hydroxyl groups excluding tert-OH is 1. The maximum Gasteiger partial charge on any atom is 0.335 e. The van der Waals surface area contributed by atoms with Crippen molar-refractivity contribution in [1.29, 1.82) is 0 Å². The van der Waals surface area contributed by atoms with Crippen LogP contribution in [0.25, 0.3) is 0 Å². The third-order valence-electron chi connectivity index (χ3n) is 2.34. The third kappa shape index (κ3) is 4.42. The molecule has 19 heavy (non-hydrogen) atoms. The maximum atomic E-state index is 11.7. The lowest BCUT2D eigenvalue weighted by atomic mass is 10.2. The van der Waals surface area contributed by atoms with E-state index >= 15 is 0 Å². The molecular weight excluding hydrogens is 272 g/mol. The fourth-order valence-corrected chi connectivity index (χ4v) is 1.67. The number of hydrogen-bond acceptors (Lipinski definition) is 3. The average molecular weight is 287 g/mol. The van der Waals surface area contributed by atoms with Gasteiger partial charge in [0.2, 0.25) is 0 Å². The molecule has 0 saturated heterocycles. The van der Waals surface area contributed by atoms with Gasteiger partial charge in [-0.2, -0.15) is 0 Å². The first-order valence-electron chi connectivity index (χ1n) is 5.54. The van der Waals surface area contributed by atoms with E-state index < -0.39 is 18.1 Å². The Morgan fingerprint density at radius 2 is 2.11 bits per heavy atom. The molecule has 0 aliphatic heterocycles. The van der Waals surface area contributed by atoms with Crippen molar-refractivity contribution in [3.8, 4) is 0 Å². The normalized spacial score (nSPS) is 11.8. The van der Waals surface area contributed by atoms with Crippen LogP contribution in [0.5, 0.6) is 0 Å². The van der Waals surface area contributed by atoms with E-state index in [1.54, 1.807) is 6.92 Å². The molecule has 0 bridgehead atoms. The van der Waals surface area contributed by atoms with Crippen molar-refractivity contribution in [3.05, 3.63) is 28.8 Å². The molecule has 0 spiro atoms. The number of urea groups is 1. The number of carboxylic acid groups (broad SMARTS) is 1. The van der Waals surface area contributed by atoms with Gasteiger partial charge in [-0.1, -0.05) is 11.6 Å². The van der Waals surface area contributed by atoms with E-state index in [0.717, 1.165) is 0 Å². The number of hydrogen-bond donors (Lipinski definition) is 3. The van der Waals surface area contributed by atoms with Crippen molar-refractivity contribution >= 4 is 29.3 Å². The Morgan fingerprint density at radius 3 is 2.58 bits per heavy atom. The van der Waals surface area contributed by atoms with Gasteiger partial charge in [0.1, 0.15) is 0 Å². The Balaban J connectivity index is 2.77. The molecule has 0 fully saturated rings. The van der Waals surface area contributed by atoms with E-state index in [0.29, 0.717) is 5.69 Å². The third-order valence-corrected chi connectivity index (χ3v) is 2.66. The van der Waals surface area contributed by atoms with Crippen LogP contribution in [0.2, 0.25) is 5.02 Å². The number of rotatable bonds is 4. The maximum absolute atomic E-state index is 11.7. The molecule has 1 aromatic rings. The zero-order valence-corrected chi connectivity index (χ0v) is 11.3. The minimum atomic E-state index is -1.09. The van der Waals surface area contributed by atoms with Gasteiger partial charge in [-0.25, -0.2) is 9.59 Å². The van der Waals surface area contributed by atoms with E-state index in [4.69, 9.17) is 16.7 Å². The van der Waals surface area contributed by atoms with E-state index in [2.05, 4.69) is 5.32 Å². The summed E-state index contributed by atoms with van der Waals surface area (Å²) < 4.78 is 0. The fourth-order valence-electron chi connectivity index (χ4n) is 1.44. The van der Waals surface area contributed by atoms with Gasteiger partial charge in [-0.15, -0.1) is 0 Å². The molecule has 2 amide bonds. The van der Waals surface area contributed by atoms with Gasteiger partial charge in [0, 0.05) is 13.6 Å². The fraction of sp³-hybridized carbons (Fsp3) is 0.333. The quantitative estimate of drug-likeness (QED) is 0.788. The summed E-state index contributed by atoms with van der Waals surface area (Å²) in [4.78, 5) is 23.8. The first-order valence-corrected chi connectivity index (χ1v) is 5.92. The summed E-state index contributed by atoms with van der Waals surface area (Å²) in [6, 6.07) is 3.58. The summed E-state index contributed by atoms with van der Waals surface area (Å²) in [6.07, 6.45) is -0.638. The number of halogens is 1. The molecule has 0 radical (unpaired) electrons. The predicted octanol–water partition coefficient (Wildman–Crippen LogP) is 1.88. The standard InChI is InChI=1S/C12H15ClN2O4/c1-7(16)6-15(2)12(19)14-10-4-3-8(11(17)18)5-9(10)13/h3-5,7,16H,6H2,1-2H3,(H,14,19)(H,17,18). The Labute approximate surface area is 115 Å². The molecule has 0 saturated carbocycles. The molecule has 0 aliphatic rings. The molecule has 6 nitrogen and oxygen atoms in total. The van der Waals surface area contributed by atoms with E-state index in [-0.39, 0.29) is 17.1 Å². The number of carbonyl (C=O) groups excluding carboxylic acids is 1. The first kappa shape index (κ1) is 15.3. The van der Waals surface area contributed by atoms with Gasteiger partial charge in [-0.3, -0.25) is 0 Å². The van der Waals surface area contributed by atoms with Crippen molar-refractivity contribution in [1.82, 2.24) is 4.90 Å². The van der Waals surface area contributed by atoms with Gasteiger partial charge >= 0.3 is 12.0 Å². The van der Waals surface area contributed by atoms with Crippen LogP contribution in [0.15, 0.2) is 18.2 Å². The molecule has 0 heterocycles. The molecule has 1 atom stereocenters. The van der Waals surface area contributed by atoms with E-state index in [1.807, 2.05) is 0 Å². The number of aromatic carboxylic acids is 1. The molecule has 0 aromatic heterocycles. The number of aliphatic hydroxyl groups is 1. The SMILES string of the molecule is CC(O)CN(C)C(=O)Nc1ccc(C(=O)O)cc1Cl. The van der Waals surface area contributed by atoms with Crippen LogP contribution in [0.3, 0.4) is 0 Å². The molecule has 1 rings (SSSR count). The van der Waals surface area contributed by atoms with E-state index in [1.165, 1.54) is 30.1 Å². The van der Waals surface area contributed by atoms with Crippen molar-refractivity contribution in [2.45, 2.75) is 13.0 Å². The minimum absolute atomic E-state index is 0.0420. The number of nitrogens with one attached hydrogen (secondary N) is 1. The summed E-state index contributed by atoms with van der Waals surface area (Å²) >= 11 is 5.88. The summed E-state index contributed by atoms with van der Waals surface area (Å²) in [5.74, 6) is -1.09. The summed E-state index contributed by atoms with van der Waals surface area (Å²) in [5, 5.41) is 20.6. The number of anilines is 1. The minimum Gasteiger partial charge on any atom is -0.478 e. The number of carbonyl (C=O) groups is 2. The molecule has 3 N–H and O–H groups in total. The highest BCUT2D eigenvalue weighted by Crippen LogP contribution is 2.23. The highest BCUT2D eigenvalue weighted by atomic mass is 35.5. The molecule has 104 valence electrons. The monoisotopic (exact) mass is 286 g/mol. The zero-order valence-electron chi connectivity index (χ0n) is 10.6. The smallest absolute Gasteiger partial charge is 0.335 e. The van der Waals surface area contributed by atoms with Crippen LogP contribution in [-0.4, -0.2) is 46.8 Å². The molecule has 7 heteroatoms. The van der Waals surface area contributed by atoms with Gasteiger partial charge in [0.05, 0.1) is 22.4 Å². The number of carboxylic acids is 1. The van der Waals surface area contributed by atoms with Gasteiger partial charge in [0.25, 0.3) is 0 Å². The Kier molecular flexibility index (Phi) is 5.14. The van der Waals surface area contributed by atoms with Crippen molar-refractivity contribution < 1.29 is 19.8 Å². The number of likely N-dealkylation sites (N-methyl/N-ethyl adjacent to an activating group) is 1. The largest absolute Gasteiger partial charge is 0.478 e. The van der Waals surface area contributed by atoms with Crippen molar-refractivity contribution in [2.24, 2.45) is 0 Å². The highest BCUT2D eigenvalue weighted by molar-refractivity contribution is 6.34. The van der Waals surface area contributed by atoms with E-state index in [9.17, 15) is 14.7 Å². The average Bonchev–Trinajstić information content (AvgIpc) is 2.30. The Morgan fingerprint density at radius 1 is 1.47 bits per heavy atom. The summed E-state index contributed by atoms with van der Waals surface area (Å²) in [5.41, 5.74) is 0.356. The van der Waals surface area contributed by atoms with Crippen LogP contribution in [0.4, 0.5) is 10.5 Å². The molecule has 0 aliphatic carbocycles. The number of amides is 2. The van der Waals surface area contributed by atoms with Gasteiger partial charge in [-0.05, 0) is 25.1 Å². The number of nitrogens with zero attached hydrogens (tertiary/aromatic N) is 1.